The van der Waals surface area contributed by atoms with Crippen molar-refractivity contribution in [1.82, 2.24) is 5.32 Å². The molecular formula is C29H31NO11. The number of benzene rings is 2. The maximum atomic E-state index is 13.7. The summed E-state index contributed by atoms with van der Waals surface area (Å²) in [5, 5.41) is 57.2. The second kappa shape index (κ2) is 10.5. The average molecular weight is 570 g/mol. The molecule has 3 aliphatic rings. The summed E-state index contributed by atoms with van der Waals surface area (Å²) in [6.45, 7) is 4.21. The van der Waals surface area contributed by atoms with Crippen molar-refractivity contribution in [2.75, 3.05) is 13.7 Å². The van der Waals surface area contributed by atoms with Crippen LogP contribution in [0.25, 0.3) is 0 Å². The number of aromatic hydroxyl groups is 2. The van der Waals surface area contributed by atoms with Gasteiger partial charge in [-0.2, -0.15) is 0 Å². The third-order valence-corrected chi connectivity index (χ3v) is 8.09. The van der Waals surface area contributed by atoms with Crippen LogP contribution in [0.3, 0.4) is 0 Å². The van der Waals surface area contributed by atoms with Gasteiger partial charge in [-0.1, -0.05) is 18.7 Å². The Hall–Kier alpha value is -3.81. The van der Waals surface area contributed by atoms with Crippen LogP contribution < -0.4 is 10.1 Å². The first-order valence-electron chi connectivity index (χ1n) is 13.1. The minimum Gasteiger partial charge on any atom is -0.507 e. The fraction of sp³-hybridized carbons (Fsp3) is 0.414. The molecule has 5 rings (SSSR count). The topological polar surface area (TPSA) is 192 Å². The molecule has 0 aromatic heterocycles. The summed E-state index contributed by atoms with van der Waals surface area (Å²) in [5.74, 6) is -3.75. The van der Waals surface area contributed by atoms with Crippen LogP contribution in [0.15, 0.2) is 31.0 Å². The summed E-state index contributed by atoms with van der Waals surface area (Å²) in [5.41, 5.74) is -3.61. The number of aliphatic hydroxyl groups is 3. The molecule has 0 saturated carbocycles. The molecule has 6 N–H and O–H groups in total. The summed E-state index contributed by atoms with van der Waals surface area (Å²) in [6, 6.07) is 3.84. The number of carbonyl (C=O) groups is 3. The molecule has 12 heteroatoms. The number of carbonyl (C=O) groups excluding carboxylic acids is 3. The number of methoxy groups -OCH3 is 1. The Kier molecular flexibility index (Phi) is 7.38. The summed E-state index contributed by atoms with van der Waals surface area (Å²) < 4.78 is 17.2. The van der Waals surface area contributed by atoms with E-state index in [1.807, 2.05) is 0 Å². The second-order valence-corrected chi connectivity index (χ2v) is 10.5. The molecule has 5 unspecified atom stereocenters. The van der Waals surface area contributed by atoms with Gasteiger partial charge in [0.05, 0.1) is 42.0 Å². The van der Waals surface area contributed by atoms with Gasteiger partial charge in [0.15, 0.2) is 17.9 Å². The van der Waals surface area contributed by atoms with Gasteiger partial charge < -0.3 is 45.1 Å². The number of ether oxygens (including phenoxy) is 3. The van der Waals surface area contributed by atoms with Crippen molar-refractivity contribution in [3.05, 3.63) is 64.4 Å². The molecular weight excluding hydrogens is 538 g/mol. The lowest BCUT2D eigenvalue weighted by molar-refractivity contribution is -0.249. The third kappa shape index (κ3) is 4.48. The monoisotopic (exact) mass is 569 g/mol. The molecule has 2 aromatic rings. The number of rotatable bonds is 7. The number of phenols is 2. The number of hydrogen-bond donors (Lipinski definition) is 6. The Morgan fingerprint density at radius 2 is 1.90 bits per heavy atom. The molecule has 41 heavy (non-hydrogen) atoms. The molecule has 0 radical (unpaired) electrons. The van der Waals surface area contributed by atoms with E-state index in [1.54, 1.807) is 6.92 Å². The smallest absolute Gasteiger partial charge is 0.202 e. The SMILES string of the molecule is C=CNC1CC(OC2C[C@](O)(C(=O)CO)Cc3c(O)c4c(c(O)c32)C(=O)c2c(OC)cccc2C4=O)OC(C)C1O. The first-order valence-corrected chi connectivity index (χ1v) is 13.1. The van der Waals surface area contributed by atoms with Gasteiger partial charge in [-0.05, 0) is 19.2 Å². The first kappa shape index (κ1) is 28.7. The van der Waals surface area contributed by atoms with E-state index in [-0.39, 0.29) is 34.4 Å². The maximum absolute atomic E-state index is 13.7. The van der Waals surface area contributed by atoms with E-state index in [9.17, 15) is 39.9 Å². The van der Waals surface area contributed by atoms with Crippen LogP contribution in [-0.4, -0.2) is 86.7 Å². The maximum Gasteiger partial charge on any atom is 0.202 e. The zero-order valence-electron chi connectivity index (χ0n) is 22.4. The molecule has 12 nitrogen and oxygen atoms in total. The summed E-state index contributed by atoms with van der Waals surface area (Å²) in [7, 11) is 1.33. The van der Waals surface area contributed by atoms with Crippen molar-refractivity contribution in [2.24, 2.45) is 0 Å². The molecule has 0 bridgehead atoms. The number of aliphatic hydroxyl groups excluding tert-OH is 2. The number of hydrogen-bond acceptors (Lipinski definition) is 12. The Morgan fingerprint density at radius 1 is 1.20 bits per heavy atom. The highest BCUT2D eigenvalue weighted by Crippen LogP contribution is 2.52. The Bertz CT molecular complexity index is 1450. The summed E-state index contributed by atoms with van der Waals surface area (Å²) in [4.78, 5) is 40.0. The largest absolute Gasteiger partial charge is 0.507 e. The van der Waals surface area contributed by atoms with Crippen molar-refractivity contribution < 1.29 is 54.1 Å². The van der Waals surface area contributed by atoms with Gasteiger partial charge in [0, 0.05) is 36.0 Å². The van der Waals surface area contributed by atoms with E-state index in [2.05, 4.69) is 11.9 Å². The highest BCUT2D eigenvalue weighted by atomic mass is 16.7. The summed E-state index contributed by atoms with van der Waals surface area (Å²) in [6.07, 6.45) is -3.53. The number of nitrogens with one attached hydrogen (secondary N) is 1. The standard InChI is InChI=1S/C29H31NO11/c1-4-30-15-8-19(40-12(2)24(15)33)41-17-10-29(38,18(32)11-31)9-14-21(17)28(37)23-22(26(14)35)25(34)13-6-5-7-16(39-3)20(13)27(23)36/h4-7,12,15,17,19,24,30-31,33,35,37-38H,1,8-11H2,2-3H3/t12?,15?,17?,19?,24?,29-/m0/s1. The molecule has 1 heterocycles. The highest BCUT2D eigenvalue weighted by Gasteiger charge is 2.50. The fourth-order valence-corrected chi connectivity index (χ4v) is 6.03. The van der Waals surface area contributed by atoms with E-state index in [0.717, 1.165) is 0 Å². The zero-order valence-corrected chi connectivity index (χ0v) is 22.4. The van der Waals surface area contributed by atoms with Crippen LogP contribution in [0.4, 0.5) is 0 Å². The number of ketones is 3. The molecule has 1 aliphatic heterocycles. The van der Waals surface area contributed by atoms with Crippen LogP contribution in [0.2, 0.25) is 0 Å². The van der Waals surface area contributed by atoms with Crippen LogP contribution in [0, 0.1) is 0 Å². The van der Waals surface area contributed by atoms with Crippen LogP contribution in [-0.2, 0) is 20.7 Å². The molecule has 0 amide bonds. The quantitative estimate of drug-likeness (QED) is 0.219. The summed E-state index contributed by atoms with van der Waals surface area (Å²) >= 11 is 0. The van der Waals surface area contributed by atoms with Gasteiger partial charge in [-0.3, -0.25) is 14.4 Å². The van der Waals surface area contributed by atoms with E-state index in [0.29, 0.717) is 0 Å². The Labute approximate surface area is 234 Å². The molecule has 218 valence electrons. The molecule has 1 saturated heterocycles. The van der Waals surface area contributed by atoms with Crippen LogP contribution >= 0.6 is 0 Å². The van der Waals surface area contributed by atoms with Gasteiger partial charge in [-0.25, -0.2) is 0 Å². The second-order valence-electron chi connectivity index (χ2n) is 10.5. The number of phenolic OH excluding ortho intramolecular Hbond substituents is 2. The van der Waals surface area contributed by atoms with Gasteiger partial charge in [0.2, 0.25) is 5.78 Å². The fourth-order valence-electron chi connectivity index (χ4n) is 6.03. The lowest BCUT2D eigenvalue weighted by atomic mass is 9.72. The molecule has 2 aromatic carbocycles. The molecule has 1 fully saturated rings. The van der Waals surface area contributed by atoms with Crippen LogP contribution in [0.1, 0.15) is 68.8 Å². The minimum atomic E-state index is -2.24. The zero-order chi connectivity index (χ0) is 29.8. The van der Waals surface area contributed by atoms with Crippen molar-refractivity contribution in [2.45, 2.75) is 62.4 Å². The number of fused-ring (bicyclic) bond motifs is 3. The Morgan fingerprint density at radius 3 is 2.56 bits per heavy atom. The predicted molar refractivity (Wildman–Crippen MR) is 141 cm³/mol. The van der Waals surface area contributed by atoms with Crippen LogP contribution in [0.5, 0.6) is 17.2 Å². The van der Waals surface area contributed by atoms with E-state index in [1.165, 1.54) is 31.5 Å². The highest BCUT2D eigenvalue weighted by molar-refractivity contribution is 6.31. The van der Waals surface area contributed by atoms with Gasteiger partial charge in [0.1, 0.15) is 35.6 Å². The van der Waals surface area contributed by atoms with Crippen molar-refractivity contribution in [1.29, 1.82) is 0 Å². The van der Waals surface area contributed by atoms with E-state index < -0.39 is 95.7 Å². The van der Waals surface area contributed by atoms with Gasteiger partial charge >= 0.3 is 0 Å². The van der Waals surface area contributed by atoms with E-state index >= 15 is 0 Å². The minimum absolute atomic E-state index is 0.0503. The predicted octanol–water partition coefficient (Wildman–Crippen LogP) is 0.776. The first-order chi connectivity index (χ1) is 19.5. The number of Topliss-reactive ketones (excluding diaryl/α,β-unsaturated/α-hetero) is 1. The lowest BCUT2D eigenvalue weighted by Crippen LogP contribution is -2.53. The molecule has 2 aliphatic carbocycles. The van der Waals surface area contributed by atoms with E-state index in [4.69, 9.17) is 14.2 Å². The van der Waals surface area contributed by atoms with Gasteiger partial charge in [0.25, 0.3) is 0 Å². The normalized spacial score (nSPS) is 28.8. The van der Waals surface area contributed by atoms with Crippen molar-refractivity contribution in [3.8, 4) is 17.2 Å². The Balaban J connectivity index is 1.66. The van der Waals surface area contributed by atoms with Crippen molar-refractivity contribution >= 4 is 17.3 Å². The van der Waals surface area contributed by atoms with Gasteiger partial charge in [-0.15, -0.1) is 0 Å². The van der Waals surface area contributed by atoms with Crippen molar-refractivity contribution in [3.63, 3.8) is 0 Å². The molecule has 6 atom stereocenters. The third-order valence-electron chi connectivity index (χ3n) is 8.09. The lowest BCUT2D eigenvalue weighted by Gasteiger charge is -2.42. The average Bonchev–Trinajstić information content (AvgIpc) is 2.95. The molecule has 0 spiro atoms.